The molecular weight excluding hydrogens is 390 g/mol. The van der Waals surface area contributed by atoms with E-state index in [1.807, 2.05) is 0 Å². The van der Waals surface area contributed by atoms with E-state index >= 15 is 0 Å². The minimum absolute atomic E-state index is 0.0162. The Balaban J connectivity index is 1.33. The van der Waals surface area contributed by atoms with E-state index in [9.17, 15) is 13.5 Å². The van der Waals surface area contributed by atoms with Gasteiger partial charge < -0.3 is 5.11 Å². The molecule has 2 saturated carbocycles. The number of aromatic nitrogens is 4. The number of hydrogen-bond acceptors (Lipinski definition) is 6. The fraction of sp³-hybridized carbons (Fsp3) is 0.550. The molecule has 0 saturated heterocycles. The van der Waals surface area contributed by atoms with Gasteiger partial charge in [0.2, 0.25) is 10.0 Å². The molecule has 29 heavy (non-hydrogen) atoms. The predicted octanol–water partition coefficient (Wildman–Crippen LogP) is 2.57. The molecule has 1 aromatic heterocycles. The number of benzene rings is 1. The van der Waals surface area contributed by atoms with Crippen LogP contribution in [0.1, 0.15) is 44.3 Å². The molecule has 4 atom stereocenters. The lowest BCUT2D eigenvalue weighted by molar-refractivity contribution is 0.274. The number of phenols is 1. The molecule has 2 fully saturated rings. The molecule has 0 amide bonds. The lowest BCUT2D eigenvalue weighted by atomic mass is 9.83. The van der Waals surface area contributed by atoms with E-state index in [0.29, 0.717) is 17.8 Å². The molecule has 1 heterocycles. The van der Waals surface area contributed by atoms with Gasteiger partial charge in [-0.15, -0.1) is 5.10 Å². The first-order chi connectivity index (χ1) is 14.0. The fourth-order valence-corrected chi connectivity index (χ4v) is 6.20. The van der Waals surface area contributed by atoms with Gasteiger partial charge in [-0.05, 0) is 91.0 Å². The van der Waals surface area contributed by atoms with Crippen molar-refractivity contribution in [1.29, 1.82) is 0 Å². The van der Waals surface area contributed by atoms with E-state index in [-0.39, 0.29) is 16.7 Å². The molecule has 2 aliphatic rings. The average Bonchev–Trinajstić information content (AvgIpc) is 3.43. The van der Waals surface area contributed by atoms with Gasteiger partial charge in [-0.1, -0.05) is 12.2 Å². The number of aromatic amines is 1. The summed E-state index contributed by atoms with van der Waals surface area (Å²) >= 11 is 0. The Kier molecular flexibility index (Phi) is 5.96. The SMILES string of the molecule is O=S(=O)(NC1C2CCC(C2)C1C/C=C\CCCc1nnn[nH]1)c1ccc(O)cc1. The molecule has 0 radical (unpaired) electrons. The topological polar surface area (TPSA) is 121 Å². The second-order valence-corrected chi connectivity index (χ2v) is 9.80. The number of phenolic OH excluding ortho intramolecular Hbond substituents is 1. The third-order valence-corrected chi connectivity index (χ3v) is 7.75. The summed E-state index contributed by atoms with van der Waals surface area (Å²) < 4.78 is 28.6. The number of tetrazole rings is 1. The fourth-order valence-electron chi connectivity index (χ4n) is 4.85. The molecule has 1 aromatic carbocycles. The van der Waals surface area contributed by atoms with Crippen LogP contribution in [0.2, 0.25) is 0 Å². The maximum atomic E-state index is 12.8. The molecule has 4 unspecified atom stereocenters. The summed E-state index contributed by atoms with van der Waals surface area (Å²) in [6.07, 6.45) is 11.4. The summed E-state index contributed by atoms with van der Waals surface area (Å²) in [6, 6.07) is 5.69. The molecule has 0 aliphatic heterocycles. The maximum Gasteiger partial charge on any atom is 0.240 e. The van der Waals surface area contributed by atoms with Crippen LogP contribution in [0.15, 0.2) is 41.3 Å². The highest BCUT2D eigenvalue weighted by Crippen LogP contribution is 2.50. The van der Waals surface area contributed by atoms with Crippen LogP contribution in [-0.2, 0) is 16.4 Å². The van der Waals surface area contributed by atoms with Crippen molar-refractivity contribution in [1.82, 2.24) is 25.3 Å². The Bertz CT molecular complexity index is 928. The van der Waals surface area contributed by atoms with Crippen molar-refractivity contribution in [2.45, 2.75) is 55.9 Å². The maximum absolute atomic E-state index is 12.8. The number of unbranched alkanes of at least 4 members (excludes halogenated alkanes) is 1. The predicted molar refractivity (Wildman–Crippen MR) is 107 cm³/mol. The molecule has 8 nitrogen and oxygen atoms in total. The van der Waals surface area contributed by atoms with Crippen LogP contribution >= 0.6 is 0 Å². The average molecular weight is 418 g/mol. The Hall–Kier alpha value is -2.26. The van der Waals surface area contributed by atoms with Crippen molar-refractivity contribution in [3.8, 4) is 5.75 Å². The second-order valence-electron chi connectivity index (χ2n) is 8.09. The number of H-pyrrole nitrogens is 1. The molecule has 2 aromatic rings. The van der Waals surface area contributed by atoms with E-state index in [1.54, 1.807) is 0 Å². The Labute approximate surface area is 170 Å². The molecule has 4 rings (SSSR count). The van der Waals surface area contributed by atoms with Gasteiger partial charge >= 0.3 is 0 Å². The first-order valence-electron chi connectivity index (χ1n) is 10.2. The zero-order chi connectivity index (χ0) is 20.3. The molecular formula is C20H27N5O3S. The number of rotatable bonds is 9. The van der Waals surface area contributed by atoms with Crippen LogP contribution in [-0.4, -0.2) is 40.2 Å². The number of sulfonamides is 1. The van der Waals surface area contributed by atoms with Gasteiger partial charge in [0.05, 0.1) is 4.90 Å². The van der Waals surface area contributed by atoms with Gasteiger partial charge in [-0.25, -0.2) is 18.2 Å². The van der Waals surface area contributed by atoms with Crippen molar-refractivity contribution >= 4 is 10.0 Å². The minimum atomic E-state index is -3.59. The molecule has 2 bridgehead atoms. The Morgan fingerprint density at radius 1 is 1.17 bits per heavy atom. The van der Waals surface area contributed by atoms with Crippen molar-refractivity contribution < 1.29 is 13.5 Å². The van der Waals surface area contributed by atoms with Gasteiger partial charge in [-0.2, -0.15) is 0 Å². The highest BCUT2D eigenvalue weighted by molar-refractivity contribution is 7.89. The van der Waals surface area contributed by atoms with Crippen LogP contribution < -0.4 is 4.72 Å². The summed E-state index contributed by atoms with van der Waals surface area (Å²) in [5, 5.41) is 23.2. The zero-order valence-corrected chi connectivity index (χ0v) is 17.1. The van der Waals surface area contributed by atoms with Gasteiger partial charge in [0.1, 0.15) is 11.6 Å². The summed E-state index contributed by atoms with van der Waals surface area (Å²) in [4.78, 5) is 0.203. The van der Waals surface area contributed by atoms with E-state index in [0.717, 1.165) is 44.3 Å². The van der Waals surface area contributed by atoms with Crippen molar-refractivity contribution in [2.75, 3.05) is 0 Å². The van der Waals surface area contributed by atoms with Gasteiger partial charge in [0.15, 0.2) is 0 Å². The number of nitrogens with zero attached hydrogens (tertiary/aromatic N) is 3. The number of fused-ring (bicyclic) bond motifs is 2. The highest BCUT2D eigenvalue weighted by Gasteiger charge is 2.48. The summed E-state index contributed by atoms with van der Waals surface area (Å²) in [5.41, 5.74) is 0. The quantitative estimate of drug-likeness (QED) is 0.426. The first-order valence-corrected chi connectivity index (χ1v) is 11.7. The van der Waals surface area contributed by atoms with E-state index < -0.39 is 10.0 Å². The van der Waals surface area contributed by atoms with Crippen LogP contribution in [0, 0.1) is 17.8 Å². The molecule has 2 aliphatic carbocycles. The summed E-state index contributed by atoms with van der Waals surface area (Å²) in [6.45, 7) is 0. The van der Waals surface area contributed by atoms with Crippen LogP contribution in [0.4, 0.5) is 0 Å². The lowest BCUT2D eigenvalue weighted by Crippen LogP contribution is -2.43. The van der Waals surface area contributed by atoms with Crippen molar-refractivity contribution in [3.05, 3.63) is 42.2 Å². The first kappa shape index (κ1) is 20.0. The number of nitrogens with one attached hydrogen (secondary N) is 2. The van der Waals surface area contributed by atoms with Crippen molar-refractivity contribution in [3.63, 3.8) is 0 Å². The lowest BCUT2D eigenvalue weighted by Gasteiger charge is -2.31. The normalized spacial score (nSPS) is 26.5. The van der Waals surface area contributed by atoms with Gasteiger partial charge in [0, 0.05) is 12.5 Å². The third-order valence-electron chi connectivity index (χ3n) is 6.28. The van der Waals surface area contributed by atoms with E-state index in [1.165, 1.54) is 30.7 Å². The summed E-state index contributed by atoms with van der Waals surface area (Å²) in [7, 11) is -3.59. The molecule has 3 N–H and O–H groups in total. The van der Waals surface area contributed by atoms with Crippen LogP contribution in [0.5, 0.6) is 5.75 Å². The third kappa shape index (κ3) is 4.67. The number of aromatic hydroxyl groups is 1. The standard InChI is InChI=1S/C20H27N5O3S/c26-16-9-11-17(12-10-16)29(27,28)23-20-15-8-7-14(13-15)18(20)5-3-1-2-4-6-19-21-24-25-22-19/h1,3,9-12,14-15,18,20,23,26H,2,4-8,13H2,(H,21,22,24,25)/b3-1-. The Morgan fingerprint density at radius 2 is 1.97 bits per heavy atom. The van der Waals surface area contributed by atoms with Crippen LogP contribution in [0.3, 0.4) is 0 Å². The Morgan fingerprint density at radius 3 is 2.72 bits per heavy atom. The van der Waals surface area contributed by atoms with Gasteiger partial charge in [0.25, 0.3) is 0 Å². The van der Waals surface area contributed by atoms with E-state index in [4.69, 9.17) is 0 Å². The molecule has 9 heteroatoms. The number of hydrogen-bond donors (Lipinski definition) is 3. The number of aryl methyl sites for hydroxylation is 1. The molecule has 156 valence electrons. The number of allylic oxidation sites excluding steroid dienone is 2. The largest absolute Gasteiger partial charge is 0.508 e. The van der Waals surface area contributed by atoms with Crippen LogP contribution in [0.25, 0.3) is 0 Å². The smallest absolute Gasteiger partial charge is 0.240 e. The van der Waals surface area contributed by atoms with Crippen molar-refractivity contribution in [2.24, 2.45) is 17.8 Å². The van der Waals surface area contributed by atoms with E-state index in [2.05, 4.69) is 37.5 Å². The second kappa shape index (κ2) is 8.62. The highest BCUT2D eigenvalue weighted by atomic mass is 32.2. The molecule has 0 spiro atoms. The summed E-state index contributed by atoms with van der Waals surface area (Å²) in [5.74, 6) is 2.22. The monoisotopic (exact) mass is 417 g/mol. The zero-order valence-electron chi connectivity index (χ0n) is 16.2. The van der Waals surface area contributed by atoms with Gasteiger partial charge in [-0.3, -0.25) is 0 Å². The minimum Gasteiger partial charge on any atom is -0.508 e.